The van der Waals surface area contributed by atoms with E-state index < -0.39 is 0 Å². The molecule has 12 rings (SSSR count). The highest BCUT2D eigenvalue weighted by Gasteiger charge is 2.41. The Hall–Kier alpha value is -7.89. The van der Waals surface area contributed by atoms with E-state index in [0.717, 1.165) is 40.0 Å². The average Bonchev–Trinajstić information content (AvgIpc) is 3.85. The van der Waals surface area contributed by atoms with Crippen molar-refractivity contribution in [1.82, 2.24) is 19.5 Å². The van der Waals surface area contributed by atoms with Crippen LogP contribution in [0.5, 0.6) is 0 Å². The first-order valence-corrected chi connectivity index (χ1v) is 21.0. The number of allylic oxidation sites excluding steroid dienone is 2. The zero-order valence-electron chi connectivity index (χ0n) is 33.6. The zero-order valence-corrected chi connectivity index (χ0v) is 33.6. The molecule has 0 N–H and O–H groups in total. The molecule has 0 saturated heterocycles. The van der Waals surface area contributed by atoms with Gasteiger partial charge in [0.1, 0.15) is 0 Å². The fourth-order valence-electron chi connectivity index (χ4n) is 9.58. The van der Waals surface area contributed by atoms with Gasteiger partial charge in [-0.15, -0.1) is 0 Å². The molecule has 5 heteroatoms. The van der Waals surface area contributed by atoms with E-state index in [-0.39, 0.29) is 6.04 Å². The molecule has 1 aliphatic heterocycles. The summed E-state index contributed by atoms with van der Waals surface area (Å²) in [6, 6.07) is 66.8. The molecule has 288 valence electrons. The SMILES string of the molecule is Cc1cc2c(c3c1c1cc(-c4ccccc4)ccc1n3-c1ccc3ccccc3c1)N(c1nc(-c3ccccc3)nc(-c3ccccc3)n1)C1CC=C(c3ccccc3)C=C21. The van der Waals surface area contributed by atoms with Gasteiger partial charge in [0.25, 0.3) is 0 Å². The molecule has 1 unspecified atom stereocenters. The maximum absolute atomic E-state index is 5.41. The van der Waals surface area contributed by atoms with Crippen LogP contribution in [0, 0.1) is 6.92 Å². The van der Waals surface area contributed by atoms with Crippen molar-refractivity contribution in [3.05, 3.63) is 217 Å². The van der Waals surface area contributed by atoms with Gasteiger partial charge in [-0.25, -0.2) is 4.98 Å². The number of fused-ring (bicyclic) bond motifs is 8. The van der Waals surface area contributed by atoms with Crippen LogP contribution in [0.1, 0.15) is 23.1 Å². The number of aryl methyl sites for hydroxylation is 1. The fourth-order valence-corrected chi connectivity index (χ4v) is 9.58. The Morgan fingerprint density at radius 1 is 0.525 bits per heavy atom. The quantitative estimate of drug-likeness (QED) is 0.169. The Balaban J connectivity index is 1.20. The molecule has 3 heterocycles. The summed E-state index contributed by atoms with van der Waals surface area (Å²) < 4.78 is 2.49. The van der Waals surface area contributed by atoms with Crippen LogP contribution in [0.2, 0.25) is 0 Å². The minimum absolute atomic E-state index is 0.0509. The average molecular weight is 782 g/mol. The summed E-state index contributed by atoms with van der Waals surface area (Å²) in [6.45, 7) is 2.28. The summed E-state index contributed by atoms with van der Waals surface area (Å²) in [5.41, 5.74) is 14.9. The van der Waals surface area contributed by atoms with Crippen LogP contribution in [0.15, 0.2) is 200 Å². The lowest BCUT2D eigenvalue weighted by atomic mass is 9.88. The Morgan fingerprint density at radius 3 is 1.80 bits per heavy atom. The molecule has 5 nitrogen and oxygen atoms in total. The van der Waals surface area contributed by atoms with Crippen LogP contribution >= 0.6 is 0 Å². The van der Waals surface area contributed by atoms with Crippen LogP contribution in [-0.4, -0.2) is 25.6 Å². The third-order valence-corrected chi connectivity index (χ3v) is 12.4. The third kappa shape index (κ3) is 5.81. The second kappa shape index (κ2) is 14.1. The number of anilines is 2. The Morgan fingerprint density at radius 2 is 1.13 bits per heavy atom. The van der Waals surface area contributed by atoms with Gasteiger partial charge >= 0.3 is 0 Å². The lowest BCUT2D eigenvalue weighted by molar-refractivity contribution is 0.800. The molecule has 0 fully saturated rings. The van der Waals surface area contributed by atoms with Gasteiger partial charge in [0.05, 0.1) is 22.8 Å². The van der Waals surface area contributed by atoms with Crippen LogP contribution in [-0.2, 0) is 0 Å². The highest BCUT2D eigenvalue weighted by molar-refractivity contribution is 6.20. The molecule has 8 aromatic carbocycles. The van der Waals surface area contributed by atoms with Gasteiger partial charge in [0.15, 0.2) is 11.6 Å². The molecule has 1 aliphatic carbocycles. The molecule has 2 aromatic heterocycles. The normalized spacial score (nSPS) is 14.6. The number of nitrogens with zero attached hydrogens (tertiary/aromatic N) is 5. The van der Waals surface area contributed by atoms with Gasteiger partial charge in [0, 0.05) is 33.2 Å². The second-order valence-electron chi connectivity index (χ2n) is 16.0. The Labute approximate surface area is 354 Å². The highest BCUT2D eigenvalue weighted by Crippen LogP contribution is 2.54. The van der Waals surface area contributed by atoms with E-state index in [1.165, 1.54) is 60.5 Å². The first-order chi connectivity index (χ1) is 30.2. The number of rotatable bonds is 6. The lowest BCUT2D eigenvalue weighted by Crippen LogP contribution is -2.30. The van der Waals surface area contributed by atoms with E-state index in [4.69, 9.17) is 15.0 Å². The number of benzene rings is 8. The number of hydrogen-bond donors (Lipinski definition) is 0. The maximum Gasteiger partial charge on any atom is 0.234 e. The van der Waals surface area contributed by atoms with Crippen LogP contribution in [0.3, 0.4) is 0 Å². The van der Waals surface area contributed by atoms with Crippen molar-refractivity contribution >= 4 is 55.4 Å². The summed E-state index contributed by atoms with van der Waals surface area (Å²) in [6.07, 6.45) is 5.57. The molecule has 0 radical (unpaired) electrons. The molecule has 0 bridgehead atoms. The van der Waals surface area contributed by atoms with E-state index >= 15 is 0 Å². The summed E-state index contributed by atoms with van der Waals surface area (Å²) >= 11 is 0. The summed E-state index contributed by atoms with van der Waals surface area (Å²) in [5, 5.41) is 4.84. The third-order valence-electron chi connectivity index (χ3n) is 12.4. The van der Waals surface area contributed by atoms with Gasteiger partial charge in [-0.2, -0.15) is 9.97 Å². The van der Waals surface area contributed by atoms with Crippen LogP contribution < -0.4 is 4.90 Å². The van der Waals surface area contributed by atoms with E-state index in [0.29, 0.717) is 17.6 Å². The van der Waals surface area contributed by atoms with Crippen molar-refractivity contribution in [2.75, 3.05) is 4.90 Å². The molecule has 0 spiro atoms. The van der Waals surface area contributed by atoms with Crippen molar-refractivity contribution in [2.45, 2.75) is 19.4 Å². The highest BCUT2D eigenvalue weighted by atomic mass is 15.3. The van der Waals surface area contributed by atoms with Crippen molar-refractivity contribution in [2.24, 2.45) is 0 Å². The second-order valence-corrected chi connectivity index (χ2v) is 16.0. The maximum atomic E-state index is 5.41. The summed E-state index contributed by atoms with van der Waals surface area (Å²) in [5.74, 6) is 1.92. The van der Waals surface area contributed by atoms with Gasteiger partial charge in [-0.05, 0) is 93.9 Å². The number of hydrogen-bond acceptors (Lipinski definition) is 4. The van der Waals surface area contributed by atoms with Crippen molar-refractivity contribution in [3.63, 3.8) is 0 Å². The largest absolute Gasteiger partial charge is 0.307 e. The van der Waals surface area contributed by atoms with E-state index in [1.54, 1.807) is 0 Å². The summed E-state index contributed by atoms with van der Waals surface area (Å²) in [7, 11) is 0. The van der Waals surface area contributed by atoms with Gasteiger partial charge in [0.2, 0.25) is 5.95 Å². The van der Waals surface area contributed by atoms with Crippen molar-refractivity contribution in [3.8, 4) is 39.6 Å². The van der Waals surface area contributed by atoms with Crippen LogP contribution in [0.4, 0.5) is 11.6 Å². The standard InChI is InChI=1S/C56H39N5/c1-36-32-47-46-34-43(37-16-6-2-7-17-37)27-30-49(46)61(56-58-54(40-21-10-4-11-22-40)57-55(59-56)41-23-12-5-13-24-41)52(47)53-51(36)48-35-44(38-18-8-3-9-19-38)28-31-50(48)60(53)45-29-26-39-20-14-15-25-42(39)33-45/h2-29,31-35,49H,30H2,1H3. The Bertz CT molecular complexity index is 3330. The minimum Gasteiger partial charge on any atom is -0.307 e. The monoisotopic (exact) mass is 781 g/mol. The predicted octanol–water partition coefficient (Wildman–Crippen LogP) is 13.8. The molecular weight excluding hydrogens is 743 g/mol. The molecule has 1 atom stereocenters. The van der Waals surface area contributed by atoms with E-state index in [1.807, 2.05) is 36.4 Å². The van der Waals surface area contributed by atoms with E-state index in [2.05, 4.69) is 180 Å². The Kier molecular flexibility index (Phi) is 8.13. The van der Waals surface area contributed by atoms with Crippen molar-refractivity contribution in [1.29, 1.82) is 0 Å². The molecular formula is C56H39N5. The molecule has 0 saturated carbocycles. The van der Waals surface area contributed by atoms with Gasteiger partial charge in [-0.3, -0.25) is 4.90 Å². The summed E-state index contributed by atoms with van der Waals surface area (Å²) in [4.78, 5) is 18.4. The predicted molar refractivity (Wildman–Crippen MR) is 252 cm³/mol. The topological polar surface area (TPSA) is 46.8 Å². The van der Waals surface area contributed by atoms with Gasteiger partial charge in [-0.1, -0.05) is 164 Å². The lowest BCUT2D eigenvalue weighted by Gasteiger charge is -2.28. The van der Waals surface area contributed by atoms with Crippen molar-refractivity contribution < 1.29 is 0 Å². The number of aromatic nitrogens is 4. The fraction of sp³-hybridized carbons (Fsp3) is 0.0536. The molecule has 2 aliphatic rings. The van der Waals surface area contributed by atoms with Gasteiger partial charge < -0.3 is 4.57 Å². The zero-order chi connectivity index (χ0) is 40.4. The molecule has 10 aromatic rings. The molecule has 61 heavy (non-hydrogen) atoms. The molecule has 0 amide bonds. The first-order valence-electron chi connectivity index (χ1n) is 21.0. The minimum atomic E-state index is -0.0509. The van der Waals surface area contributed by atoms with Crippen LogP contribution in [0.25, 0.3) is 83.3 Å². The van der Waals surface area contributed by atoms with E-state index in [9.17, 15) is 0 Å². The smallest absolute Gasteiger partial charge is 0.234 e. The first kappa shape index (κ1) is 35.1.